The molecule has 0 fully saturated rings. The Morgan fingerprint density at radius 2 is 1.68 bits per heavy atom. The molecule has 0 aliphatic carbocycles. The number of rotatable bonds is 5. The van der Waals surface area contributed by atoms with Gasteiger partial charge in [0.05, 0.1) is 11.8 Å². The van der Waals surface area contributed by atoms with Crippen molar-refractivity contribution in [3.05, 3.63) is 71.3 Å². The lowest BCUT2D eigenvalue weighted by Crippen LogP contribution is -2.21. The van der Waals surface area contributed by atoms with Crippen LogP contribution in [0.2, 0.25) is 0 Å². The van der Waals surface area contributed by atoms with Crippen LogP contribution < -0.4 is 10.6 Å². The van der Waals surface area contributed by atoms with Crippen LogP contribution in [0.25, 0.3) is 5.69 Å². The number of amides is 2. The van der Waals surface area contributed by atoms with E-state index < -0.39 is 34.8 Å². The highest BCUT2D eigenvalue weighted by Gasteiger charge is 2.41. The van der Waals surface area contributed by atoms with Crippen molar-refractivity contribution < 1.29 is 27.2 Å². The number of anilines is 2. The number of carbonyl (C=O) groups excluding carboxylic acids is 2. The van der Waals surface area contributed by atoms with E-state index in [4.69, 9.17) is 0 Å². The Kier molecular flexibility index (Phi) is 6.09. The number of alkyl halides is 3. The number of para-hydroxylation sites is 1. The molecule has 1 aromatic heterocycles. The first kappa shape index (κ1) is 22.0. The Hall–Kier alpha value is -3.69. The number of benzene rings is 2. The molecule has 0 radical (unpaired) electrons. The minimum Gasteiger partial charge on any atom is -0.326 e. The van der Waals surface area contributed by atoms with E-state index in [2.05, 4.69) is 15.7 Å². The van der Waals surface area contributed by atoms with Gasteiger partial charge in [-0.2, -0.15) is 18.3 Å². The quantitative estimate of drug-likeness (QED) is 0.559. The van der Waals surface area contributed by atoms with Crippen LogP contribution in [0.3, 0.4) is 0 Å². The summed E-state index contributed by atoms with van der Waals surface area (Å²) in [6.45, 7) is 3.27. The van der Waals surface area contributed by atoms with E-state index in [-0.39, 0.29) is 18.0 Å². The number of hydrogen-bond donors (Lipinski definition) is 2. The first-order chi connectivity index (χ1) is 14.6. The van der Waals surface area contributed by atoms with Gasteiger partial charge in [-0.25, -0.2) is 9.07 Å². The SMILES string of the molecule is CCC(=O)Nc1cccc(NC(=O)c2cnn(-c3ccccc3F)c2C(F)(F)F)c1C. The van der Waals surface area contributed by atoms with Crippen LogP contribution in [-0.2, 0) is 11.0 Å². The third-order valence-electron chi connectivity index (χ3n) is 4.54. The van der Waals surface area contributed by atoms with Gasteiger partial charge in [0, 0.05) is 17.8 Å². The highest BCUT2D eigenvalue weighted by molar-refractivity contribution is 6.06. The molecule has 162 valence electrons. The van der Waals surface area contributed by atoms with Gasteiger partial charge >= 0.3 is 6.18 Å². The predicted molar refractivity (Wildman–Crippen MR) is 107 cm³/mol. The van der Waals surface area contributed by atoms with Crippen molar-refractivity contribution in [3.8, 4) is 5.69 Å². The second-order valence-electron chi connectivity index (χ2n) is 6.60. The van der Waals surface area contributed by atoms with E-state index >= 15 is 0 Å². The maximum absolute atomic E-state index is 14.1. The molecule has 0 spiro atoms. The Bertz CT molecular complexity index is 1140. The summed E-state index contributed by atoms with van der Waals surface area (Å²) < 4.78 is 55.7. The largest absolute Gasteiger partial charge is 0.434 e. The van der Waals surface area contributed by atoms with Crippen LogP contribution in [0.15, 0.2) is 48.7 Å². The predicted octanol–water partition coefficient (Wildman–Crippen LogP) is 4.94. The molecule has 0 unspecified atom stereocenters. The molecule has 0 saturated heterocycles. The lowest BCUT2D eigenvalue weighted by Gasteiger charge is -2.15. The molecule has 2 aromatic carbocycles. The number of nitrogens with zero attached hydrogens (tertiary/aromatic N) is 2. The zero-order chi connectivity index (χ0) is 22.8. The molecule has 2 N–H and O–H groups in total. The molecule has 0 bridgehead atoms. The number of hydrogen-bond acceptors (Lipinski definition) is 3. The van der Waals surface area contributed by atoms with Gasteiger partial charge in [-0.05, 0) is 36.8 Å². The normalized spacial score (nSPS) is 11.3. The van der Waals surface area contributed by atoms with Crippen molar-refractivity contribution in [2.45, 2.75) is 26.4 Å². The number of nitrogens with one attached hydrogen (secondary N) is 2. The van der Waals surface area contributed by atoms with E-state index in [1.54, 1.807) is 26.0 Å². The minimum absolute atomic E-state index is 0.214. The average molecular weight is 434 g/mol. The molecule has 1 heterocycles. The highest BCUT2D eigenvalue weighted by Crippen LogP contribution is 2.35. The van der Waals surface area contributed by atoms with Gasteiger partial charge in [0.2, 0.25) is 5.91 Å². The van der Waals surface area contributed by atoms with Crippen molar-refractivity contribution in [3.63, 3.8) is 0 Å². The summed E-state index contributed by atoms with van der Waals surface area (Å²) in [6, 6.07) is 9.45. The maximum Gasteiger partial charge on any atom is 0.434 e. The number of halogens is 4. The van der Waals surface area contributed by atoms with Gasteiger partial charge in [0.25, 0.3) is 5.91 Å². The molecular formula is C21H18F4N4O2. The smallest absolute Gasteiger partial charge is 0.326 e. The Balaban J connectivity index is 1.99. The van der Waals surface area contributed by atoms with Crippen molar-refractivity contribution in [1.29, 1.82) is 0 Å². The molecule has 3 aromatic rings. The topological polar surface area (TPSA) is 76.0 Å². The first-order valence-electron chi connectivity index (χ1n) is 9.24. The van der Waals surface area contributed by atoms with Crippen LogP contribution in [0, 0.1) is 12.7 Å². The van der Waals surface area contributed by atoms with Gasteiger partial charge in [-0.3, -0.25) is 9.59 Å². The molecule has 31 heavy (non-hydrogen) atoms. The summed E-state index contributed by atoms with van der Waals surface area (Å²) in [5.74, 6) is -2.24. The Morgan fingerprint density at radius 3 is 2.29 bits per heavy atom. The van der Waals surface area contributed by atoms with Gasteiger partial charge in [0.15, 0.2) is 5.69 Å². The Labute approximate surface area is 174 Å². The zero-order valence-corrected chi connectivity index (χ0v) is 16.5. The van der Waals surface area contributed by atoms with Gasteiger partial charge < -0.3 is 10.6 Å². The fourth-order valence-corrected chi connectivity index (χ4v) is 2.93. The van der Waals surface area contributed by atoms with E-state index in [0.29, 0.717) is 15.9 Å². The van der Waals surface area contributed by atoms with Crippen LogP contribution in [-0.4, -0.2) is 21.6 Å². The van der Waals surface area contributed by atoms with E-state index in [9.17, 15) is 27.2 Å². The van der Waals surface area contributed by atoms with Crippen LogP contribution in [0.1, 0.15) is 35.0 Å². The fraction of sp³-hybridized carbons (Fsp3) is 0.190. The third-order valence-corrected chi connectivity index (χ3v) is 4.54. The summed E-state index contributed by atoms with van der Waals surface area (Å²) >= 11 is 0. The van der Waals surface area contributed by atoms with Crippen molar-refractivity contribution >= 4 is 23.2 Å². The van der Waals surface area contributed by atoms with Crippen LogP contribution >= 0.6 is 0 Å². The zero-order valence-electron chi connectivity index (χ0n) is 16.5. The molecule has 0 aliphatic rings. The monoisotopic (exact) mass is 434 g/mol. The van der Waals surface area contributed by atoms with Crippen LogP contribution in [0.4, 0.5) is 28.9 Å². The van der Waals surface area contributed by atoms with Gasteiger partial charge in [0.1, 0.15) is 11.5 Å². The summed E-state index contributed by atoms with van der Waals surface area (Å²) in [6.07, 6.45) is -4.00. The lowest BCUT2D eigenvalue weighted by molar-refractivity contribution is -0.143. The molecule has 3 rings (SSSR count). The number of carbonyl (C=O) groups is 2. The first-order valence-corrected chi connectivity index (χ1v) is 9.24. The average Bonchev–Trinajstić information content (AvgIpc) is 3.17. The minimum atomic E-state index is -4.97. The van der Waals surface area contributed by atoms with Crippen molar-refractivity contribution in [1.82, 2.24) is 9.78 Å². The Morgan fingerprint density at radius 1 is 1.03 bits per heavy atom. The summed E-state index contributed by atoms with van der Waals surface area (Å²) in [5, 5.41) is 8.67. The fourth-order valence-electron chi connectivity index (χ4n) is 2.93. The molecule has 0 atom stereocenters. The standard InChI is InChI=1S/C21H18F4N4O2/c1-3-18(30)27-15-8-6-9-16(12(15)2)28-20(31)13-11-26-29(19(13)21(23,24)25)17-10-5-4-7-14(17)22/h4-11H,3H2,1-2H3,(H,27,30)(H,28,31). The molecule has 0 aliphatic heterocycles. The van der Waals surface area contributed by atoms with Crippen molar-refractivity contribution in [2.24, 2.45) is 0 Å². The molecule has 0 saturated carbocycles. The summed E-state index contributed by atoms with van der Waals surface area (Å²) in [5.41, 5.74) is -1.50. The number of aromatic nitrogens is 2. The molecule has 6 nitrogen and oxygen atoms in total. The maximum atomic E-state index is 14.1. The molecular weight excluding hydrogens is 416 g/mol. The molecule has 10 heteroatoms. The second-order valence-corrected chi connectivity index (χ2v) is 6.60. The van der Waals surface area contributed by atoms with E-state index in [1.807, 2.05) is 0 Å². The summed E-state index contributed by atoms with van der Waals surface area (Å²) in [4.78, 5) is 24.4. The summed E-state index contributed by atoms with van der Waals surface area (Å²) in [7, 11) is 0. The van der Waals surface area contributed by atoms with E-state index in [0.717, 1.165) is 18.3 Å². The van der Waals surface area contributed by atoms with Gasteiger partial charge in [-0.15, -0.1) is 0 Å². The lowest BCUT2D eigenvalue weighted by atomic mass is 10.1. The third kappa shape index (κ3) is 4.57. The van der Waals surface area contributed by atoms with Crippen molar-refractivity contribution in [2.75, 3.05) is 10.6 Å². The van der Waals surface area contributed by atoms with Gasteiger partial charge in [-0.1, -0.05) is 25.1 Å². The van der Waals surface area contributed by atoms with Crippen LogP contribution in [0.5, 0.6) is 0 Å². The molecule has 2 amide bonds. The van der Waals surface area contributed by atoms with E-state index in [1.165, 1.54) is 18.2 Å². The highest BCUT2D eigenvalue weighted by atomic mass is 19.4. The second kappa shape index (κ2) is 8.58.